The van der Waals surface area contributed by atoms with E-state index in [4.69, 9.17) is 0 Å². The Morgan fingerprint density at radius 1 is 1.59 bits per heavy atom. The van der Waals surface area contributed by atoms with Gasteiger partial charge < -0.3 is 10.4 Å². The molecule has 3 atom stereocenters. The third kappa shape index (κ3) is 3.88. The van der Waals surface area contributed by atoms with Crippen molar-refractivity contribution in [2.45, 2.75) is 68.9 Å². The molecule has 0 aliphatic heterocycles. The molecule has 0 radical (unpaired) electrons. The second kappa shape index (κ2) is 6.64. The lowest BCUT2D eigenvalue weighted by Gasteiger charge is -2.26. The van der Waals surface area contributed by atoms with Gasteiger partial charge in [-0.3, -0.25) is 4.79 Å². The molecule has 0 heterocycles. The van der Waals surface area contributed by atoms with Crippen molar-refractivity contribution in [2.24, 2.45) is 0 Å². The van der Waals surface area contributed by atoms with Crippen molar-refractivity contribution in [3.63, 3.8) is 0 Å². The van der Waals surface area contributed by atoms with E-state index in [1.54, 1.807) is 0 Å². The molecule has 3 unspecified atom stereocenters. The van der Waals surface area contributed by atoms with Crippen LogP contribution < -0.4 is 5.32 Å². The Morgan fingerprint density at radius 3 is 2.82 bits per heavy atom. The fourth-order valence-corrected chi connectivity index (χ4v) is 3.82. The molecule has 0 bridgehead atoms. The van der Waals surface area contributed by atoms with Crippen molar-refractivity contribution in [1.29, 1.82) is 0 Å². The van der Waals surface area contributed by atoms with Gasteiger partial charge >= 0.3 is 5.97 Å². The minimum absolute atomic E-state index is 0.505. The molecule has 17 heavy (non-hydrogen) atoms. The second-order valence-electron chi connectivity index (χ2n) is 5.03. The summed E-state index contributed by atoms with van der Waals surface area (Å²) in [7, 11) is 0. The van der Waals surface area contributed by atoms with E-state index in [1.165, 1.54) is 0 Å². The number of hydrogen-bond acceptors (Lipinski definition) is 3. The van der Waals surface area contributed by atoms with E-state index >= 15 is 0 Å². The smallest absolute Gasteiger partial charge is 0.323 e. The number of carbonyl (C=O) groups is 1. The number of aliphatic carboxylic acids is 1. The third-order valence-corrected chi connectivity index (χ3v) is 5.18. The van der Waals surface area contributed by atoms with Gasteiger partial charge in [0, 0.05) is 10.5 Å². The zero-order chi connectivity index (χ0) is 12.9. The van der Waals surface area contributed by atoms with Crippen LogP contribution in [0.1, 0.15) is 52.9 Å². The zero-order valence-corrected chi connectivity index (χ0v) is 12.0. The molecule has 0 aromatic rings. The summed E-state index contributed by atoms with van der Waals surface area (Å²) >= 11 is 1.96. The van der Waals surface area contributed by atoms with Crippen LogP contribution in [-0.2, 0) is 4.79 Å². The first kappa shape index (κ1) is 14.8. The molecule has 0 amide bonds. The number of nitrogens with one attached hydrogen (secondary N) is 1. The molecule has 0 aromatic heterocycles. The van der Waals surface area contributed by atoms with Gasteiger partial charge in [-0.2, -0.15) is 11.8 Å². The van der Waals surface area contributed by atoms with Crippen molar-refractivity contribution >= 4 is 17.7 Å². The first-order valence-corrected chi connectivity index (χ1v) is 7.62. The van der Waals surface area contributed by atoms with E-state index in [0.29, 0.717) is 10.5 Å². The largest absolute Gasteiger partial charge is 0.480 e. The van der Waals surface area contributed by atoms with Gasteiger partial charge in [0.1, 0.15) is 5.54 Å². The summed E-state index contributed by atoms with van der Waals surface area (Å²) in [6.45, 7) is 7.28. The number of thioether (sulfide) groups is 1. The van der Waals surface area contributed by atoms with Crippen LogP contribution in [0.25, 0.3) is 0 Å². The number of carboxylic acid groups (broad SMARTS) is 1. The normalized spacial score (nSPS) is 30.4. The molecule has 1 aliphatic rings. The van der Waals surface area contributed by atoms with Gasteiger partial charge in [-0.1, -0.05) is 20.8 Å². The van der Waals surface area contributed by atoms with Crippen LogP contribution in [0.3, 0.4) is 0 Å². The van der Waals surface area contributed by atoms with Crippen LogP contribution in [0, 0.1) is 0 Å². The maximum atomic E-state index is 11.5. The van der Waals surface area contributed by atoms with Crippen molar-refractivity contribution in [2.75, 3.05) is 6.54 Å². The number of carboxylic acids is 1. The summed E-state index contributed by atoms with van der Waals surface area (Å²) in [5, 5.41) is 13.8. The van der Waals surface area contributed by atoms with Gasteiger partial charge in [0.05, 0.1) is 0 Å². The number of rotatable bonds is 7. The molecule has 1 saturated carbocycles. The third-order valence-electron chi connectivity index (χ3n) is 3.59. The molecular weight excluding hydrogens is 234 g/mol. The van der Waals surface area contributed by atoms with Crippen molar-refractivity contribution < 1.29 is 9.90 Å². The molecule has 1 rings (SSSR count). The van der Waals surface area contributed by atoms with Crippen LogP contribution in [0.4, 0.5) is 0 Å². The van der Waals surface area contributed by atoms with Crippen LogP contribution in [0.2, 0.25) is 0 Å². The minimum Gasteiger partial charge on any atom is -0.480 e. The summed E-state index contributed by atoms with van der Waals surface area (Å²) in [5.41, 5.74) is -0.652. The Bertz CT molecular complexity index is 260. The summed E-state index contributed by atoms with van der Waals surface area (Å²) in [4.78, 5) is 11.5. The molecule has 3 nitrogen and oxygen atoms in total. The predicted octanol–water partition coefficient (Wildman–Crippen LogP) is 2.89. The standard InChI is InChI=1S/C13H25NO2S/c1-4-8-14-13(12(15)16)7-6-11(9-13)17-10(3)5-2/h10-11,14H,4-9H2,1-3H3,(H,15,16). The van der Waals surface area contributed by atoms with Crippen molar-refractivity contribution in [3.8, 4) is 0 Å². The van der Waals surface area contributed by atoms with Crippen molar-refractivity contribution in [1.82, 2.24) is 5.32 Å². The van der Waals surface area contributed by atoms with Crippen LogP contribution in [0.15, 0.2) is 0 Å². The Balaban J connectivity index is 2.55. The van der Waals surface area contributed by atoms with E-state index in [9.17, 15) is 9.90 Å². The topological polar surface area (TPSA) is 49.3 Å². The average Bonchev–Trinajstić information content (AvgIpc) is 2.71. The summed E-state index contributed by atoms with van der Waals surface area (Å²) < 4.78 is 0. The molecule has 0 aromatic carbocycles. The quantitative estimate of drug-likeness (QED) is 0.738. The molecule has 1 aliphatic carbocycles. The highest BCUT2D eigenvalue weighted by Crippen LogP contribution is 2.39. The lowest BCUT2D eigenvalue weighted by Crippen LogP contribution is -2.50. The van der Waals surface area contributed by atoms with Crippen LogP contribution in [-0.4, -0.2) is 33.7 Å². The Morgan fingerprint density at radius 2 is 2.29 bits per heavy atom. The maximum absolute atomic E-state index is 11.5. The second-order valence-corrected chi connectivity index (χ2v) is 6.78. The Labute approximate surface area is 109 Å². The Hall–Kier alpha value is -0.220. The highest BCUT2D eigenvalue weighted by atomic mass is 32.2. The monoisotopic (exact) mass is 259 g/mol. The lowest BCUT2D eigenvalue weighted by atomic mass is 9.98. The summed E-state index contributed by atoms with van der Waals surface area (Å²) in [6.07, 6.45) is 4.72. The molecular formula is C13H25NO2S. The van der Waals surface area contributed by atoms with Crippen LogP contribution in [0.5, 0.6) is 0 Å². The fourth-order valence-electron chi connectivity index (χ4n) is 2.34. The molecule has 2 N–H and O–H groups in total. The highest BCUT2D eigenvalue weighted by Gasteiger charge is 2.45. The van der Waals surface area contributed by atoms with E-state index in [2.05, 4.69) is 26.1 Å². The van der Waals surface area contributed by atoms with Gasteiger partial charge in [-0.25, -0.2) is 0 Å². The van der Waals surface area contributed by atoms with Crippen LogP contribution >= 0.6 is 11.8 Å². The minimum atomic E-state index is -0.668. The van der Waals surface area contributed by atoms with Gasteiger partial charge in [0.25, 0.3) is 0 Å². The molecule has 4 heteroatoms. The summed E-state index contributed by atoms with van der Waals surface area (Å²) in [6, 6.07) is 0. The lowest BCUT2D eigenvalue weighted by molar-refractivity contribution is -0.144. The van der Waals surface area contributed by atoms with Crippen molar-refractivity contribution in [3.05, 3.63) is 0 Å². The SMILES string of the molecule is CCCNC1(C(=O)O)CCC(SC(C)CC)C1. The van der Waals surface area contributed by atoms with E-state index in [-0.39, 0.29) is 0 Å². The molecule has 0 spiro atoms. The maximum Gasteiger partial charge on any atom is 0.323 e. The van der Waals surface area contributed by atoms with Gasteiger partial charge in [0.15, 0.2) is 0 Å². The fraction of sp³-hybridized carbons (Fsp3) is 0.923. The van der Waals surface area contributed by atoms with Gasteiger partial charge in [-0.15, -0.1) is 0 Å². The zero-order valence-electron chi connectivity index (χ0n) is 11.2. The summed E-state index contributed by atoms with van der Waals surface area (Å²) in [5.74, 6) is -0.668. The first-order valence-electron chi connectivity index (χ1n) is 6.68. The average molecular weight is 259 g/mol. The molecule has 1 fully saturated rings. The first-order chi connectivity index (χ1) is 8.04. The van der Waals surface area contributed by atoms with Gasteiger partial charge in [-0.05, 0) is 38.6 Å². The van der Waals surface area contributed by atoms with E-state index in [0.717, 1.165) is 38.6 Å². The van der Waals surface area contributed by atoms with E-state index in [1.807, 2.05) is 11.8 Å². The molecule has 100 valence electrons. The predicted molar refractivity (Wildman–Crippen MR) is 73.6 cm³/mol. The highest BCUT2D eigenvalue weighted by molar-refractivity contribution is 8.00. The molecule has 0 saturated heterocycles. The van der Waals surface area contributed by atoms with Gasteiger partial charge in [0.2, 0.25) is 0 Å². The van der Waals surface area contributed by atoms with E-state index < -0.39 is 11.5 Å². The Kier molecular flexibility index (Phi) is 5.80. The number of hydrogen-bond donors (Lipinski definition) is 2.